The molecule has 0 unspecified atom stereocenters. The molecule has 0 saturated carbocycles. The molecule has 122 valence electrons. The third-order valence-electron chi connectivity index (χ3n) is 4.10. The predicted molar refractivity (Wildman–Crippen MR) is 86.8 cm³/mol. The van der Waals surface area contributed by atoms with Crippen molar-refractivity contribution < 1.29 is 13.2 Å². The molecule has 0 atom stereocenters. The normalized spacial score (nSPS) is 16.2. The van der Waals surface area contributed by atoms with Gasteiger partial charge in [0.05, 0.1) is 12.0 Å². The number of guanidine groups is 1. The van der Waals surface area contributed by atoms with Gasteiger partial charge >= 0.3 is 0 Å². The Kier molecular flexibility index (Phi) is 4.65. The van der Waals surface area contributed by atoms with Crippen LogP contribution in [0.1, 0.15) is 29.5 Å². The van der Waals surface area contributed by atoms with E-state index in [1.54, 1.807) is 31.9 Å². The molecule has 2 rings (SSSR count). The lowest BCUT2D eigenvalue weighted by Gasteiger charge is -2.17. The number of sulfonamides is 1. The van der Waals surface area contributed by atoms with Gasteiger partial charge in [0.2, 0.25) is 5.96 Å². The molecule has 1 aliphatic rings. The van der Waals surface area contributed by atoms with Crippen LogP contribution < -0.4 is 10.5 Å². The van der Waals surface area contributed by atoms with E-state index in [9.17, 15) is 8.42 Å². The maximum Gasteiger partial charge on any atom is 0.286 e. The molecule has 0 bridgehead atoms. The van der Waals surface area contributed by atoms with Crippen LogP contribution in [0.5, 0.6) is 5.75 Å². The van der Waals surface area contributed by atoms with Gasteiger partial charge in [-0.3, -0.25) is 0 Å². The molecule has 0 radical (unpaired) electrons. The van der Waals surface area contributed by atoms with E-state index in [-0.39, 0.29) is 10.9 Å². The van der Waals surface area contributed by atoms with Crippen molar-refractivity contribution in [3.05, 3.63) is 22.8 Å². The van der Waals surface area contributed by atoms with E-state index < -0.39 is 10.0 Å². The Morgan fingerprint density at radius 2 is 1.82 bits per heavy atom. The lowest BCUT2D eigenvalue weighted by Crippen LogP contribution is -2.35. The predicted octanol–water partition coefficient (Wildman–Crippen LogP) is 1.72. The summed E-state index contributed by atoms with van der Waals surface area (Å²) in [6.45, 7) is 6.85. The van der Waals surface area contributed by atoms with Gasteiger partial charge in [0.25, 0.3) is 10.0 Å². The summed E-state index contributed by atoms with van der Waals surface area (Å²) in [5.74, 6) is 0.746. The van der Waals surface area contributed by atoms with Crippen molar-refractivity contribution in [2.24, 2.45) is 10.1 Å². The average molecular weight is 325 g/mol. The van der Waals surface area contributed by atoms with E-state index in [1.807, 2.05) is 6.92 Å². The smallest absolute Gasteiger partial charge is 0.286 e. The molecule has 6 nitrogen and oxygen atoms in total. The minimum atomic E-state index is -3.84. The van der Waals surface area contributed by atoms with Crippen molar-refractivity contribution >= 4 is 16.0 Å². The highest BCUT2D eigenvalue weighted by Crippen LogP contribution is 2.31. The zero-order valence-corrected chi connectivity index (χ0v) is 14.3. The first kappa shape index (κ1) is 16.6. The minimum Gasteiger partial charge on any atom is -0.496 e. The highest BCUT2D eigenvalue weighted by molar-refractivity contribution is 7.90. The Bertz CT molecular complexity index is 705. The van der Waals surface area contributed by atoms with E-state index in [0.29, 0.717) is 16.9 Å². The number of hydrogen-bond donors (Lipinski definition) is 1. The fraction of sp³-hybridized carbons (Fsp3) is 0.533. The van der Waals surface area contributed by atoms with Gasteiger partial charge in [-0.2, -0.15) is 8.42 Å². The number of methoxy groups -OCH3 is 1. The standard InChI is InChI=1S/C15H23N3O3S/c1-10-9-13(21-4)11(2)12(3)14(10)22(19,20)17-15(16)18-7-5-6-8-18/h9H,5-8H2,1-4H3,(H2,16,17). The topological polar surface area (TPSA) is 85.0 Å². The van der Waals surface area contributed by atoms with Crippen LogP contribution in [0.2, 0.25) is 0 Å². The molecule has 1 saturated heterocycles. The van der Waals surface area contributed by atoms with Crippen LogP contribution in [0.3, 0.4) is 0 Å². The summed E-state index contributed by atoms with van der Waals surface area (Å²) in [5, 5.41) is 0. The van der Waals surface area contributed by atoms with Crippen LogP contribution >= 0.6 is 0 Å². The summed E-state index contributed by atoms with van der Waals surface area (Å²) >= 11 is 0. The summed E-state index contributed by atoms with van der Waals surface area (Å²) in [6.07, 6.45) is 2.02. The third kappa shape index (κ3) is 3.04. The number of hydrogen-bond acceptors (Lipinski definition) is 3. The van der Waals surface area contributed by atoms with Gasteiger partial charge in [-0.05, 0) is 56.4 Å². The van der Waals surface area contributed by atoms with Gasteiger partial charge in [-0.15, -0.1) is 4.40 Å². The van der Waals surface area contributed by atoms with Crippen molar-refractivity contribution in [1.82, 2.24) is 4.90 Å². The highest BCUT2D eigenvalue weighted by Gasteiger charge is 2.24. The maximum absolute atomic E-state index is 12.7. The molecule has 1 fully saturated rings. The van der Waals surface area contributed by atoms with Crippen LogP contribution in [-0.4, -0.2) is 39.5 Å². The van der Waals surface area contributed by atoms with Gasteiger partial charge < -0.3 is 15.4 Å². The molecule has 1 heterocycles. The second-order valence-corrected chi connectivity index (χ2v) is 7.13. The summed E-state index contributed by atoms with van der Waals surface area (Å²) in [5.41, 5.74) is 7.92. The zero-order chi connectivity index (χ0) is 16.5. The largest absolute Gasteiger partial charge is 0.496 e. The van der Waals surface area contributed by atoms with Gasteiger partial charge in [0.15, 0.2) is 0 Å². The van der Waals surface area contributed by atoms with Gasteiger partial charge in [0, 0.05) is 13.1 Å². The average Bonchev–Trinajstić information content (AvgIpc) is 2.96. The highest BCUT2D eigenvalue weighted by atomic mass is 32.2. The summed E-state index contributed by atoms with van der Waals surface area (Å²) < 4.78 is 34.4. The Hall–Kier alpha value is -1.76. The molecule has 7 heteroatoms. The van der Waals surface area contributed by atoms with Crippen LogP contribution in [0.15, 0.2) is 15.4 Å². The molecule has 22 heavy (non-hydrogen) atoms. The molecule has 2 N–H and O–H groups in total. The summed E-state index contributed by atoms with van der Waals surface area (Å²) in [7, 11) is -2.27. The number of likely N-dealkylation sites (tertiary alicyclic amines) is 1. The Balaban J connectivity index is 2.50. The van der Waals surface area contributed by atoms with E-state index in [0.717, 1.165) is 31.5 Å². The van der Waals surface area contributed by atoms with E-state index in [4.69, 9.17) is 10.5 Å². The quantitative estimate of drug-likeness (QED) is 0.675. The van der Waals surface area contributed by atoms with Crippen molar-refractivity contribution in [1.29, 1.82) is 0 Å². The molecule has 0 amide bonds. The summed E-state index contributed by atoms with van der Waals surface area (Å²) in [6, 6.07) is 1.72. The van der Waals surface area contributed by atoms with Crippen LogP contribution in [0.25, 0.3) is 0 Å². The first-order chi connectivity index (χ1) is 10.3. The lowest BCUT2D eigenvalue weighted by atomic mass is 10.1. The number of rotatable bonds is 3. The van der Waals surface area contributed by atoms with E-state index in [1.165, 1.54) is 0 Å². The van der Waals surface area contributed by atoms with Crippen LogP contribution in [-0.2, 0) is 10.0 Å². The number of aryl methyl sites for hydroxylation is 1. The Labute approximate surface area is 132 Å². The molecule has 1 aromatic rings. The fourth-order valence-electron chi connectivity index (χ4n) is 2.80. The molecule has 0 aromatic heterocycles. The van der Waals surface area contributed by atoms with Crippen LogP contribution in [0, 0.1) is 20.8 Å². The first-order valence-corrected chi connectivity index (χ1v) is 8.72. The molecule has 0 spiro atoms. The number of nitrogens with zero attached hydrogens (tertiary/aromatic N) is 2. The van der Waals surface area contributed by atoms with Crippen molar-refractivity contribution in [3.8, 4) is 5.75 Å². The molecule has 0 aliphatic carbocycles. The molecular formula is C15H23N3O3S. The second kappa shape index (κ2) is 6.16. The lowest BCUT2D eigenvalue weighted by molar-refractivity contribution is 0.410. The summed E-state index contributed by atoms with van der Waals surface area (Å²) in [4.78, 5) is 2.02. The van der Waals surface area contributed by atoms with Gasteiger partial charge in [0.1, 0.15) is 5.75 Å². The number of benzene rings is 1. The molecule has 1 aromatic carbocycles. The fourth-order valence-corrected chi connectivity index (χ4v) is 4.26. The number of nitrogens with two attached hydrogens (primary N) is 1. The zero-order valence-electron chi connectivity index (χ0n) is 13.5. The van der Waals surface area contributed by atoms with Gasteiger partial charge in [-0.25, -0.2) is 0 Å². The third-order valence-corrected chi connectivity index (χ3v) is 5.67. The number of ether oxygens (including phenoxy) is 1. The Morgan fingerprint density at radius 1 is 1.23 bits per heavy atom. The van der Waals surface area contributed by atoms with Gasteiger partial charge in [-0.1, -0.05) is 0 Å². The van der Waals surface area contributed by atoms with Crippen molar-refractivity contribution in [2.75, 3.05) is 20.2 Å². The molecular weight excluding hydrogens is 302 g/mol. The molecule has 1 aliphatic heterocycles. The minimum absolute atomic E-state index is 0.0739. The SMILES string of the molecule is COc1cc(C)c(S(=O)(=O)/N=C(\N)N2CCCC2)c(C)c1C. The van der Waals surface area contributed by atoms with E-state index >= 15 is 0 Å². The second-order valence-electron chi connectivity index (χ2n) is 5.59. The monoisotopic (exact) mass is 325 g/mol. The van der Waals surface area contributed by atoms with Crippen LogP contribution in [0.4, 0.5) is 0 Å². The first-order valence-electron chi connectivity index (χ1n) is 7.28. The van der Waals surface area contributed by atoms with Crippen molar-refractivity contribution in [3.63, 3.8) is 0 Å². The Morgan fingerprint density at radius 3 is 2.36 bits per heavy atom. The van der Waals surface area contributed by atoms with Crippen molar-refractivity contribution in [2.45, 2.75) is 38.5 Å². The maximum atomic E-state index is 12.7. The van der Waals surface area contributed by atoms with E-state index in [2.05, 4.69) is 4.40 Å².